The minimum Gasteiger partial charge on any atom is -0.480 e. The first kappa shape index (κ1) is 23.8. The van der Waals surface area contributed by atoms with Crippen molar-refractivity contribution in [3.63, 3.8) is 0 Å². The molecule has 34 heavy (non-hydrogen) atoms. The maximum atomic E-state index is 12.7. The number of hydrogen-bond donors (Lipinski definition) is 3. The van der Waals surface area contributed by atoms with Gasteiger partial charge in [0.1, 0.15) is 12.1 Å². The lowest BCUT2D eigenvalue weighted by Crippen LogP contribution is -2.59. The Morgan fingerprint density at radius 2 is 1.59 bits per heavy atom. The van der Waals surface area contributed by atoms with Crippen LogP contribution in [0, 0.1) is 0 Å². The summed E-state index contributed by atoms with van der Waals surface area (Å²) in [5, 5.41) is 15.0. The maximum Gasteiger partial charge on any atom is 0.407 e. The number of aliphatic carboxylic acids is 1. The fourth-order valence-electron chi connectivity index (χ4n) is 4.78. The van der Waals surface area contributed by atoms with Gasteiger partial charge in [0, 0.05) is 43.9 Å². The van der Waals surface area contributed by atoms with Gasteiger partial charge in [0.25, 0.3) is 0 Å². The summed E-state index contributed by atoms with van der Waals surface area (Å²) in [6.07, 6.45) is -0.311. The molecule has 2 aromatic carbocycles. The fraction of sp³-hybridized carbons (Fsp3) is 0.423. The van der Waals surface area contributed by atoms with E-state index in [2.05, 4.69) is 22.8 Å². The first-order valence-electron chi connectivity index (χ1n) is 11.5. The Morgan fingerprint density at radius 3 is 2.15 bits per heavy atom. The van der Waals surface area contributed by atoms with Crippen LogP contribution in [0.25, 0.3) is 11.1 Å². The number of ether oxygens (including phenoxy) is 2. The highest BCUT2D eigenvalue weighted by atomic mass is 16.5. The number of nitrogens with one attached hydrogen (secondary N) is 2. The highest BCUT2D eigenvalue weighted by molar-refractivity contribution is 5.88. The van der Waals surface area contributed by atoms with E-state index in [-0.39, 0.29) is 45.0 Å². The van der Waals surface area contributed by atoms with Gasteiger partial charge in [0.2, 0.25) is 5.91 Å². The number of benzene rings is 2. The van der Waals surface area contributed by atoms with Gasteiger partial charge in [-0.25, -0.2) is 9.59 Å². The molecule has 1 fully saturated rings. The average molecular weight is 467 g/mol. The zero-order chi connectivity index (χ0) is 24.3. The number of carboxylic acid groups (broad SMARTS) is 1. The number of rotatable bonds is 7. The summed E-state index contributed by atoms with van der Waals surface area (Å²) in [4.78, 5) is 37.0. The van der Waals surface area contributed by atoms with Crippen molar-refractivity contribution in [1.82, 2.24) is 10.6 Å². The van der Waals surface area contributed by atoms with Crippen LogP contribution in [0.4, 0.5) is 4.79 Å². The Bertz CT molecular complexity index is 1040. The van der Waals surface area contributed by atoms with Crippen molar-refractivity contribution in [3.05, 3.63) is 59.7 Å². The molecule has 0 spiro atoms. The summed E-state index contributed by atoms with van der Waals surface area (Å²) in [5.74, 6) is -1.59. The van der Waals surface area contributed by atoms with E-state index >= 15 is 0 Å². The van der Waals surface area contributed by atoms with E-state index in [0.29, 0.717) is 0 Å². The molecule has 1 heterocycles. The maximum absolute atomic E-state index is 12.7. The molecule has 1 aliphatic heterocycles. The fourth-order valence-corrected chi connectivity index (χ4v) is 4.78. The normalized spacial score (nSPS) is 16.8. The summed E-state index contributed by atoms with van der Waals surface area (Å²) in [5.41, 5.74) is 2.25. The molecule has 2 amide bonds. The Morgan fingerprint density at radius 1 is 1.03 bits per heavy atom. The van der Waals surface area contributed by atoms with Crippen LogP contribution in [-0.2, 0) is 19.1 Å². The van der Waals surface area contributed by atoms with Crippen LogP contribution >= 0.6 is 0 Å². The summed E-state index contributed by atoms with van der Waals surface area (Å²) in [6.45, 7) is 4.11. The standard InChI is InChI=1S/C26H30N2O6/c1-25(2,15-22(29)27-26(23(30)31)11-13-33-14-12-26)28-24(32)34-16-21-19-9-5-3-7-17(19)18-8-4-6-10-20(18)21/h3-10,21H,11-16H2,1-2H3,(H,27,29)(H,28,32)(H,30,31). The number of carbonyl (C=O) groups is 3. The molecule has 4 rings (SSSR count). The van der Waals surface area contributed by atoms with E-state index in [9.17, 15) is 19.5 Å². The predicted molar refractivity (Wildman–Crippen MR) is 125 cm³/mol. The smallest absolute Gasteiger partial charge is 0.407 e. The van der Waals surface area contributed by atoms with E-state index in [4.69, 9.17) is 9.47 Å². The molecule has 180 valence electrons. The van der Waals surface area contributed by atoms with Crippen molar-refractivity contribution in [2.24, 2.45) is 0 Å². The molecule has 2 aromatic rings. The number of fused-ring (bicyclic) bond motifs is 3. The molecule has 8 heteroatoms. The van der Waals surface area contributed by atoms with Gasteiger partial charge in [-0.2, -0.15) is 0 Å². The Hall–Kier alpha value is -3.39. The van der Waals surface area contributed by atoms with Crippen LogP contribution in [0.1, 0.15) is 50.2 Å². The quantitative estimate of drug-likeness (QED) is 0.576. The topological polar surface area (TPSA) is 114 Å². The highest BCUT2D eigenvalue weighted by Gasteiger charge is 2.42. The zero-order valence-corrected chi connectivity index (χ0v) is 19.4. The van der Waals surface area contributed by atoms with Gasteiger partial charge < -0.3 is 25.2 Å². The summed E-state index contributed by atoms with van der Waals surface area (Å²) >= 11 is 0. The van der Waals surface area contributed by atoms with E-state index in [1.807, 2.05) is 36.4 Å². The van der Waals surface area contributed by atoms with Gasteiger partial charge in [-0.15, -0.1) is 0 Å². The number of amides is 2. The van der Waals surface area contributed by atoms with Gasteiger partial charge in [0.15, 0.2) is 0 Å². The number of carbonyl (C=O) groups excluding carboxylic acids is 2. The Labute approximate surface area is 198 Å². The van der Waals surface area contributed by atoms with Crippen LogP contribution in [0.2, 0.25) is 0 Å². The monoisotopic (exact) mass is 466 g/mol. The van der Waals surface area contributed by atoms with Crippen molar-refractivity contribution in [2.75, 3.05) is 19.8 Å². The SMILES string of the molecule is CC(C)(CC(=O)NC1(C(=O)O)CCOCC1)NC(=O)OCC1c2ccccc2-c2ccccc21. The van der Waals surface area contributed by atoms with Crippen LogP contribution in [-0.4, -0.2) is 54.0 Å². The van der Waals surface area contributed by atoms with E-state index in [0.717, 1.165) is 22.3 Å². The second-order valence-corrected chi connectivity index (χ2v) is 9.56. The predicted octanol–water partition coefficient (Wildman–Crippen LogP) is 3.44. The molecule has 2 aliphatic rings. The molecule has 0 radical (unpaired) electrons. The summed E-state index contributed by atoms with van der Waals surface area (Å²) in [6, 6.07) is 16.2. The first-order chi connectivity index (χ1) is 16.2. The van der Waals surface area contributed by atoms with Crippen LogP contribution < -0.4 is 10.6 Å². The highest BCUT2D eigenvalue weighted by Crippen LogP contribution is 2.44. The molecular weight excluding hydrogens is 436 g/mol. The molecule has 1 saturated heterocycles. The summed E-state index contributed by atoms with van der Waals surface area (Å²) < 4.78 is 10.8. The van der Waals surface area contributed by atoms with Gasteiger partial charge in [-0.1, -0.05) is 48.5 Å². The van der Waals surface area contributed by atoms with Gasteiger partial charge in [-0.3, -0.25) is 4.79 Å². The van der Waals surface area contributed by atoms with E-state index < -0.39 is 29.0 Å². The van der Waals surface area contributed by atoms with Gasteiger partial charge in [0.05, 0.1) is 0 Å². The van der Waals surface area contributed by atoms with Gasteiger partial charge in [-0.05, 0) is 36.1 Å². The average Bonchev–Trinajstić information content (AvgIpc) is 3.11. The van der Waals surface area contributed by atoms with Gasteiger partial charge >= 0.3 is 12.1 Å². The number of alkyl carbamates (subject to hydrolysis) is 1. The zero-order valence-electron chi connectivity index (χ0n) is 19.4. The van der Waals surface area contributed by atoms with E-state index in [1.165, 1.54) is 0 Å². The minimum absolute atomic E-state index is 0.0616. The minimum atomic E-state index is -1.34. The lowest BCUT2D eigenvalue weighted by atomic mass is 9.89. The number of hydrogen-bond acceptors (Lipinski definition) is 5. The third-order valence-electron chi connectivity index (χ3n) is 6.52. The second kappa shape index (κ2) is 9.46. The summed E-state index contributed by atoms with van der Waals surface area (Å²) in [7, 11) is 0. The Kier molecular flexibility index (Phi) is 6.61. The molecule has 0 aromatic heterocycles. The molecule has 1 aliphatic carbocycles. The lowest BCUT2D eigenvalue weighted by Gasteiger charge is -2.35. The van der Waals surface area contributed by atoms with Crippen molar-refractivity contribution in [1.29, 1.82) is 0 Å². The van der Waals surface area contributed by atoms with Crippen LogP contribution in [0.3, 0.4) is 0 Å². The second-order valence-electron chi connectivity index (χ2n) is 9.56. The number of carboxylic acids is 1. The largest absolute Gasteiger partial charge is 0.480 e. The van der Waals surface area contributed by atoms with Crippen molar-refractivity contribution >= 4 is 18.0 Å². The molecule has 0 bridgehead atoms. The van der Waals surface area contributed by atoms with Crippen molar-refractivity contribution < 1.29 is 29.0 Å². The van der Waals surface area contributed by atoms with Crippen LogP contribution in [0.15, 0.2) is 48.5 Å². The van der Waals surface area contributed by atoms with E-state index in [1.54, 1.807) is 13.8 Å². The Balaban J connectivity index is 1.35. The molecule has 0 unspecified atom stereocenters. The van der Waals surface area contributed by atoms with Crippen molar-refractivity contribution in [2.45, 2.75) is 50.1 Å². The molecule has 3 N–H and O–H groups in total. The first-order valence-corrected chi connectivity index (χ1v) is 11.5. The lowest BCUT2D eigenvalue weighted by molar-refractivity contribution is -0.152. The third-order valence-corrected chi connectivity index (χ3v) is 6.52. The van der Waals surface area contributed by atoms with Crippen LogP contribution in [0.5, 0.6) is 0 Å². The van der Waals surface area contributed by atoms with Crippen molar-refractivity contribution in [3.8, 4) is 11.1 Å². The molecule has 0 saturated carbocycles. The molecule has 8 nitrogen and oxygen atoms in total. The molecular formula is C26H30N2O6. The third kappa shape index (κ3) is 4.92. The molecule has 0 atom stereocenters.